The van der Waals surface area contributed by atoms with Crippen molar-refractivity contribution in [2.24, 2.45) is 0 Å². The van der Waals surface area contributed by atoms with E-state index in [1.165, 1.54) is 16.2 Å². The molecule has 1 fully saturated rings. The quantitative estimate of drug-likeness (QED) is 0.946. The normalized spacial score (nSPS) is 18.1. The van der Waals surface area contributed by atoms with Crippen LogP contribution in [0.15, 0.2) is 28.7 Å². The predicted octanol–water partition coefficient (Wildman–Crippen LogP) is 3.01. The van der Waals surface area contributed by atoms with Gasteiger partial charge >= 0.3 is 5.97 Å². The third-order valence-electron chi connectivity index (χ3n) is 3.60. The van der Waals surface area contributed by atoms with Crippen LogP contribution in [-0.2, 0) is 4.79 Å². The van der Waals surface area contributed by atoms with E-state index in [9.17, 15) is 9.59 Å². The topological polar surface area (TPSA) is 70.8 Å². The van der Waals surface area contributed by atoms with Gasteiger partial charge in [-0.1, -0.05) is 0 Å². The van der Waals surface area contributed by atoms with Crippen LogP contribution in [0.5, 0.6) is 0 Å². The Morgan fingerprint density at radius 3 is 2.81 bits per heavy atom. The van der Waals surface area contributed by atoms with Crippen molar-refractivity contribution in [2.45, 2.75) is 25.8 Å². The Labute approximate surface area is 125 Å². The molecule has 0 radical (unpaired) electrons. The van der Waals surface area contributed by atoms with Crippen molar-refractivity contribution in [3.05, 3.63) is 34.9 Å². The van der Waals surface area contributed by atoms with Crippen molar-refractivity contribution in [3.63, 3.8) is 0 Å². The lowest BCUT2D eigenvalue weighted by molar-refractivity contribution is -0.141. The molecule has 1 unspecified atom stereocenters. The van der Waals surface area contributed by atoms with E-state index in [1.807, 2.05) is 25.1 Å². The number of hydrogen-bond acceptors (Lipinski definition) is 4. The summed E-state index contributed by atoms with van der Waals surface area (Å²) in [4.78, 5) is 26.5. The van der Waals surface area contributed by atoms with Crippen molar-refractivity contribution in [1.29, 1.82) is 0 Å². The van der Waals surface area contributed by atoms with Gasteiger partial charge in [0.1, 0.15) is 17.6 Å². The number of hydrogen-bond donors (Lipinski definition) is 1. The highest BCUT2D eigenvalue weighted by molar-refractivity contribution is 7.17. The van der Waals surface area contributed by atoms with Crippen LogP contribution in [0.25, 0.3) is 10.6 Å². The summed E-state index contributed by atoms with van der Waals surface area (Å²) < 4.78 is 5.54. The number of thiophene rings is 1. The molecule has 1 N–H and O–H groups in total. The molecule has 1 aliphatic heterocycles. The van der Waals surface area contributed by atoms with E-state index < -0.39 is 12.0 Å². The third kappa shape index (κ3) is 2.58. The van der Waals surface area contributed by atoms with Gasteiger partial charge < -0.3 is 14.4 Å². The second-order valence-corrected chi connectivity index (χ2v) is 6.15. The van der Waals surface area contributed by atoms with Crippen LogP contribution in [0, 0.1) is 6.92 Å². The number of aliphatic carboxylic acids is 1. The largest absolute Gasteiger partial charge is 0.480 e. The molecule has 2 aromatic heterocycles. The second kappa shape index (κ2) is 5.37. The van der Waals surface area contributed by atoms with Crippen molar-refractivity contribution in [1.82, 2.24) is 4.90 Å². The number of furan rings is 1. The zero-order chi connectivity index (χ0) is 15.0. The second-order valence-electron chi connectivity index (χ2n) is 5.07. The van der Waals surface area contributed by atoms with E-state index in [1.54, 1.807) is 6.07 Å². The highest BCUT2D eigenvalue weighted by atomic mass is 32.1. The summed E-state index contributed by atoms with van der Waals surface area (Å²) in [6, 6.07) is 6.61. The molecular weight excluding hydrogens is 290 g/mol. The van der Waals surface area contributed by atoms with E-state index in [2.05, 4.69) is 0 Å². The summed E-state index contributed by atoms with van der Waals surface area (Å²) in [6.45, 7) is 2.37. The van der Waals surface area contributed by atoms with Gasteiger partial charge in [-0.3, -0.25) is 4.79 Å². The van der Waals surface area contributed by atoms with Gasteiger partial charge in [0.25, 0.3) is 5.91 Å². The monoisotopic (exact) mass is 305 g/mol. The number of likely N-dealkylation sites (tertiary alicyclic amines) is 1. The average Bonchev–Trinajstić information content (AvgIpc) is 3.17. The summed E-state index contributed by atoms with van der Waals surface area (Å²) in [5.41, 5.74) is 0. The highest BCUT2D eigenvalue weighted by Gasteiger charge is 2.34. The maximum absolute atomic E-state index is 12.5. The average molecular weight is 305 g/mol. The fraction of sp³-hybridized carbons (Fsp3) is 0.333. The summed E-state index contributed by atoms with van der Waals surface area (Å²) in [5.74, 6) is 0.406. The van der Waals surface area contributed by atoms with E-state index in [-0.39, 0.29) is 5.91 Å². The molecule has 1 aliphatic rings. The lowest BCUT2D eigenvalue weighted by atomic mass is 10.2. The summed E-state index contributed by atoms with van der Waals surface area (Å²) in [6.07, 6.45) is 1.26. The molecule has 0 spiro atoms. The molecule has 0 saturated carbocycles. The first-order valence-corrected chi connectivity index (χ1v) is 7.58. The van der Waals surface area contributed by atoms with Crippen LogP contribution in [0.4, 0.5) is 0 Å². The van der Waals surface area contributed by atoms with Gasteiger partial charge in [0.15, 0.2) is 0 Å². The maximum Gasteiger partial charge on any atom is 0.326 e. The Balaban J connectivity index is 1.83. The van der Waals surface area contributed by atoms with Crippen molar-refractivity contribution >= 4 is 23.2 Å². The van der Waals surface area contributed by atoms with Crippen LogP contribution < -0.4 is 0 Å². The first-order chi connectivity index (χ1) is 10.1. The van der Waals surface area contributed by atoms with E-state index in [0.29, 0.717) is 17.8 Å². The zero-order valence-electron chi connectivity index (χ0n) is 11.5. The first-order valence-electron chi connectivity index (χ1n) is 6.76. The van der Waals surface area contributed by atoms with Crippen molar-refractivity contribution in [2.75, 3.05) is 6.54 Å². The molecule has 6 heteroatoms. The lowest BCUT2D eigenvalue weighted by Crippen LogP contribution is -2.40. The van der Waals surface area contributed by atoms with Crippen molar-refractivity contribution < 1.29 is 19.1 Å². The van der Waals surface area contributed by atoms with Crippen molar-refractivity contribution in [3.8, 4) is 10.6 Å². The molecule has 1 saturated heterocycles. The minimum atomic E-state index is -0.931. The molecule has 21 heavy (non-hydrogen) atoms. The third-order valence-corrected chi connectivity index (χ3v) is 4.69. The minimum Gasteiger partial charge on any atom is -0.480 e. The van der Waals surface area contributed by atoms with E-state index >= 15 is 0 Å². The van der Waals surface area contributed by atoms with Gasteiger partial charge in [-0.05, 0) is 44.0 Å². The number of carboxylic acid groups (broad SMARTS) is 1. The number of aryl methyl sites for hydroxylation is 1. The number of nitrogens with zero attached hydrogens (tertiary/aromatic N) is 1. The number of rotatable bonds is 3. The Morgan fingerprint density at radius 1 is 1.33 bits per heavy atom. The smallest absolute Gasteiger partial charge is 0.326 e. The molecule has 3 rings (SSSR count). The molecule has 1 atom stereocenters. The molecule has 2 aromatic rings. The standard InChI is InChI=1S/C15H15NO4S/c1-9-4-5-11(20-9)12-6-7-13(21-12)14(17)16-8-2-3-10(16)15(18)19/h4-7,10H,2-3,8H2,1H3,(H,18,19). The lowest BCUT2D eigenvalue weighted by Gasteiger charge is -2.20. The van der Waals surface area contributed by atoms with Gasteiger partial charge in [0, 0.05) is 6.54 Å². The molecule has 0 bridgehead atoms. The Hall–Kier alpha value is -2.08. The highest BCUT2D eigenvalue weighted by Crippen LogP contribution is 2.31. The van der Waals surface area contributed by atoms with E-state index in [4.69, 9.17) is 9.52 Å². The van der Waals surface area contributed by atoms with Crippen LogP contribution in [0.3, 0.4) is 0 Å². The Morgan fingerprint density at radius 2 is 2.14 bits per heavy atom. The number of carbonyl (C=O) groups is 2. The SMILES string of the molecule is Cc1ccc(-c2ccc(C(=O)N3CCCC3C(=O)O)s2)o1. The zero-order valence-corrected chi connectivity index (χ0v) is 12.4. The fourth-order valence-corrected chi connectivity index (χ4v) is 3.48. The molecule has 1 amide bonds. The van der Waals surface area contributed by atoms with Gasteiger partial charge in [-0.25, -0.2) is 4.79 Å². The first kappa shape index (κ1) is 13.9. The molecule has 3 heterocycles. The summed E-state index contributed by atoms with van der Waals surface area (Å²) >= 11 is 1.33. The van der Waals surface area contributed by atoms with Crippen LogP contribution in [0.2, 0.25) is 0 Å². The van der Waals surface area contributed by atoms with Crippen LogP contribution >= 0.6 is 11.3 Å². The predicted molar refractivity (Wildman–Crippen MR) is 78.5 cm³/mol. The fourth-order valence-electron chi connectivity index (χ4n) is 2.56. The summed E-state index contributed by atoms with van der Waals surface area (Å²) in [7, 11) is 0. The number of carbonyl (C=O) groups excluding carboxylic acids is 1. The molecule has 110 valence electrons. The summed E-state index contributed by atoms with van der Waals surface area (Å²) in [5, 5.41) is 9.16. The Kier molecular flexibility index (Phi) is 3.55. The Bertz CT molecular complexity index is 687. The number of amides is 1. The number of carboxylic acids is 1. The minimum absolute atomic E-state index is 0.209. The van der Waals surface area contributed by atoms with Gasteiger partial charge in [0.2, 0.25) is 0 Å². The van der Waals surface area contributed by atoms with Gasteiger partial charge in [-0.2, -0.15) is 0 Å². The maximum atomic E-state index is 12.5. The molecule has 5 nitrogen and oxygen atoms in total. The van der Waals surface area contributed by atoms with Crippen LogP contribution in [-0.4, -0.2) is 34.5 Å². The molecule has 0 aromatic carbocycles. The van der Waals surface area contributed by atoms with E-state index in [0.717, 1.165) is 22.8 Å². The van der Waals surface area contributed by atoms with Crippen LogP contribution in [0.1, 0.15) is 28.3 Å². The van der Waals surface area contributed by atoms with Gasteiger partial charge in [0.05, 0.1) is 9.75 Å². The van der Waals surface area contributed by atoms with Gasteiger partial charge in [-0.15, -0.1) is 11.3 Å². The molecule has 0 aliphatic carbocycles. The molecular formula is C15H15NO4S.